The molecule has 1 saturated heterocycles. The molecule has 1 aromatic heterocycles. The van der Waals surface area contributed by atoms with Crippen molar-refractivity contribution in [3.05, 3.63) is 36.0 Å². The van der Waals surface area contributed by atoms with E-state index in [1.165, 1.54) is 5.39 Å². The van der Waals surface area contributed by atoms with E-state index in [4.69, 9.17) is 4.74 Å². The maximum atomic E-state index is 12.2. The Labute approximate surface area is 106 Å². The zero-order valence-electron chi connectivity index (χ0n) is 10.6. The fourth-order valence-electron chi connectivity index (χ4n) is 2.63. The van der Waals surface area contributed by atoms with Gasteiger partial charge in [-0.3, -0.25) is 4.79 Å². The summed E-state index contributed by atoms with van der Waals surface area (Å²) in [5, 5.41) is 1.20. The first kappa shape index (κ1) is 11.5. The first-order chi connectivity index (χ1) is 8.75. The summed E-state index contributed by atoms with van der Waals surface area (Å²) < 4.78 is 7.39. The summed E-state index contributed by atoms with van der Waals surface area (Å²) in [4.78, 5) is 12.2. The monoisotopic (exact) mass is 243 g/mol. The van der Waals surface area contributed by atoms with E-state index in [9.17, 15) is 4.79 Å². The van der Waals surface area contributed by atoms with E-state index in [2.05, 4.69) is 29.7 Å². The van der Waals surface area contributed by atoms with Gasteiger partial charge in [-0.2, -0.15) is 0 Å². The van der Waals surface area contributed by atoms with Crippen LogP contribution < -0.4 is 0 Å². The fraction of sp³-hybridized carbons (Fsp3) is 0.400. The molecule has 2 aromatic rings. The Morgan fingerprint density at radius 3 is 3.06 bits per heavy atom. The molecule has 0 radical (unpaired) electrons. The van der Waals surface area contributed by atoms with E-state index in [0.29, 0.717) is 13.2 Å². The number of ether oxygens (including phenoxy) is 1. The highest BCUT2D eigenvalue weighted by molar-refractivity contribution is 5.86. The van der Waals surface area contributed by atoms with Crippen molar-refractivity contribution < 1.29 is 9.53 Å². The highest BCUT2D eigenvalue weighted by Crippen LogP contribution is 2.21. The largest absolute Gasteiger partial charge is 0.381 e. The van der Waals surface area contributed by atoms with E-state index in [1.54, 1.807) is 0 Å². The molecule has 18 heavy (non-hydrogen) atoms. The van der Waals surface area contributed by atoms with Crippen LogP contribution in [0.25, 0.3) is 10.9 Å². The van der Waals surface area contributed by atoms with Gasteiger partial charge in [0.25, 0.3) is 0 Å². The first-order valence-corrected chi connectivity index (χ1v) is 6.41. The minimum Gasteiger partial charge on any atom is -0.381 e. The number of hydrogen-bond donors (Lipinski definition) is 0. The van der Waals surface area contributed by atoms with Crippen molar-refractivity contribution >= 4 is 16.7 Å². The molecule has 3 rings (SSSR count). The lowest BCUT2D eigenvalue weighted by atomic mass is 10.0. The van der Waals surface area contributed by atoms with Gasteiger partial charge in [0.15, 0.2) is 5.78 Å². The second-order valence-electron chi connectivity index (χ2n) is 4.96. The average molecular weight is 243 g/mol. The van der Waals surface area contributed by atoms with Crippen LogP contribution >= 0.6 is 0 Å². The predicted octanol–water partition coefficient (Wildman–Crippen LogP) is 2.56. The minimum absolute atomic E-state index is 0.0885. The molecule has 2 heterocycles. The van der Waals surface area contributed by atoms with E-state index < -0.39 is 0 Å². The van der Waals surface area contributed by atoms with Crippen LogP contribution in [0.15, 0.2) is 30.3 Å². The van der Waals surface area contributed by atoms with E-state index in [1.807, 2.05) is 12.1 Å². The van der Waals surface area contributed by atoms with Crippen LogP contribution in [0, 0.1) is 12.8 Å². The molecule has 1 atom stereocenters. The summed E-state index contributed by atoms with van der Waals surface area (Å²) in [6.07, 6.45) is 0.872. The summed E-state index contributed by atoms with van der Waals surface area (Å²) in [5.41, 5.74) is 2.28. The van der Waals surface area contributed by atoms with Crippen LogP contribution in [0.5, 0.6) is 0 Å². The van der Waals surface area contributed by atoms with Crippen LogP contribution in [-0.4, -0.2) is 23.6 Å². The summed E-state index contributed by atoms with van der Waals surface area (Å²) in [5.74, 6) is 0.377. The van der Waals surface area contributed by atoms with Crippen LogP contribution in [0.3, 0.4) is 0 Å². The fourth-order valence-corrected chi connectivity index (χ4v) is 2.63. The molecule has 0 amide bonds. The van der Waals surface area contributed by atoms with Gasteiger partial charge in [-0.25, -0.2) is 0 Å². The molecular formula is C15H17NO2. The number of para-hydroxylation sites is 1. The van der Waals surface area contributed by atoms with Crippen molar-refractivity contribution in [2.45, 2.75) is 19.9 Å². The number of nitrogens with zero attached hydrogens (tertiary/aromatic N) is 1. The molecule has 94 valence electrons. The molecule has 3 heteroatoms. The summed E-state index contributed by atoms with van der Waals surface area (Å²) >= 11 is 0. The Balaban J connectivity index is 1.89. The topological polar surface area (TPSA) is 31.2 Å². The lowest BCUT2D eigenvalue weighted by Crippen LogP contribution is -2.20. The van der Waals surface area contributed by atoms with Crippen molar-refractivity contribution in [1.82, 2.24) is 4.57 Å². The van der Waals surface area contributed by atoms with E-state index in [-0.39, 0.29) is 11.7 Å². The molecule has 1 aliphatic rings. The molecule has 0 aliphatic carbocycles. The molecule has 0 spiro atoms. The molecular weight excluding hydrogens is 226 g/mol. The summed E-state index contributed by atoms with van der Waals surface area (Å²) in [6, 6.07) is 10.3. The third-order valence-corrected chi connectivity index (χ3v) is 3.72. The van der Waals surface area contributed by atoms with Gasteiger partial charge in [0.05, 0.1) is 13.2 Å². The van der Waals surface area contributed by atoms with E-state index >= 15 is 0 Å². The Hall–Kier alpha value is -1.61. The summed E-state index contributed by atoms with van der Waals surface area (Å²) in [7, 11) is 0. The lowest BCUT2D eigenvalue weighted by molar-refractivity contribution is -0.123. The second-order valence-corrected chi connectivity index (χ2v) is 4.96. The smallest absolute Gasteiger partial charge is 0.157 e. The van der Waals surface area contributed by atoms with Crippen LogP contribution in [0.2, 0.25) is 0 Å². The number of carbonyl (C=O) groups is 1. The van der Waals surface area contributed by atoms with Gasteiger partial charge in [0, 0.05) is 23.7 Å². The van der Waals surface area contributed by atoms with Gasteiger partial charge < -0.3 is 9.30 Å². The maximum Gasteiger partial charge on any atom is 0.157 e. The zero-order valence-corrected chi connectivity index (χ0v) is 10.6. The van der Waals surface area contributed by atoms with Crippen molar-refractivity contribution in [1.29, 1.82) is 0 Å². The third kappa shape index (κ3) is 1.95. The number of ketones is 1. The molecule has 0 saturated carbocycles. The Kier molecular flexibility index (Phi) is 2.92. The first-order valence-electron chi connectivity index (χ1n) is 6.41. The number of carbonyl (C=O) groups excluding carboxylic acids is 1. The van der Waals surface area contributed by atoms with E-state index in [0.717, 1.165) is 24.2 Å². The van der Waals surface area contributed by atoms with Crippen molar-refractivity contribution in [3.8, 4) is 0 Å². The quantitative estimate of drug-likeness (QED) is 0.829. The molecule has 1 aromatic carbocycles. The van der Waals surface area contributed by atoms with Gasteiger partial charge in [-0.1, -0.05) is 18.2 Å². The van der Waals surface area contributed by atoms with Crippen LogP contribution in [0.4, 0.5) is 0 Å². The SMILES string of the molecule is Cc1cc2ccccc2n1CC(=O)C1CCOC1. The number of Topliss-reactive ketones (excluding diaryl/α,β-unsaturated/α-hetero) is 1. The molecule has 1 fully saturated rings. The molecule has 0 N–H and O–H groups in total. The zero-order chi connectivity index (χ0) is 12.5. The maximum absolute atomic E-state index is 12.2. The van der Waals surface area contributed by atoms with Crippen molar-refractivity contribution in [2.75, 3.05) is 13.2 Å². The van der Waals surface area contributed by atoms with Crippen LogP contribution in [-0.2, 0) is 16.1 Å². The summed E-state index contributed by atoms with van der Waals surface area (Å²) in [6.45, 7) is 3.84. The van der Waals surface area contributed by atoms with Gasteiger partial charge >= 0.3 is 0 Å². The highest BCUT2D eigenvalue weighted by Gasteiger charge is 2.24. The average Bonchev–Trinajstić information content (AvgIpc) is 2.98. The number of rotatable bonds is 3. The van der Waals surface area contributed by atoms with Gasteiger partial charge in [-0.05, 0) is 30.9 Å². The predicted molar refractivity (Wildman–Crippen MR) is 70.6 cm³/mol. The van der Waals surface area contributed by atoms with Crippen LogP contribution in [0.1, 0.15) is 12.1 Å². The van der Waals surface area contributed by atoms with Gasteiger partial charge in [-0.15, -0.1) is 0 Å². The third-order valence-electron chi connectivity index (χ3n) is 3.72. The molecule has 0 bridgehead atoms. The number of aryl methyl sites for hydroxylation is 1. The normalized spacial score (nSPS) is 19.5. The van der Waals surface area contributed by atoms with Crippen molar-refractivity contribution in [2.24, 2.45) is 5.92 Å². The number of aromatic nitrogens is 1. The number of benzene rings is 1. The number of hydrogen-bond acceptors (Lipinski definition) is 2. The standard InChI is InChI=1S/C15H17NO2/c1-11-8-12-4-2-3-5-14(12)16(11)9-15(17)13-6-7-18-10-13/h2-5,8,13H,6-7,9-10H2,1H3. The van der Waals surface area contributed by atoms with Gasteiger partial charge in [0.2, 0.25) is 0 Å². The minimum atomic E-state index is 0.0885. The number of fused-ring (bicyclic) bond motifs is 1. The molecule has 1 aliphatic heterocycles. The Morgan fingerprint density at radius 2 is 2.28 bits per heavy atom. The Bertz CT molecular complexity index is 579. The lowest BCUT2D eigenvalue weighted by Gasteiger charge is -2.10. The second kappa shape index (κ2) is 4.58. The van der Waals surface area contributed by atoms with Crippen molar-refractivity contribution in [3.63, 3.8) is 0 Å². The molecule has 1 unspecified atom stereocenters. The highest BCUT2D eigenvalue weighted by atomic mass is 16.5. The van der Waals surface area contributed by atoms with Gasteiger partial charge in [0.1, 0.15) is 0 Å². The Morgan fingerprint density at radius 1 is 1.44 bits per heavy atom. The molecule has 3 nitrogen and oxygen atoms in total.